The van der Waals surface area contributed by atoms with Crippen LogP contribution in [0.4, 0.5) is 4.39 Å². The summed E-state index contributed by atoms with van der Waals surface area (Å²) in [5, 5.41) is 9.03. The molecular formula is C17H13BrFN3O2S. The van der Waals surface area contributed by atoms with Crippen LogP contribution in [0.25, 0.3) is 11.4 Å². The Morgan fingerprint density at radius 3 is 2.76 bits per heavy atom. The van der Waals surface area contributed by atoms with Crippen molar-refractivity contribution < 1.29 is 13.9 Å². The third-order valence-electron chi connectivity index (χ3n) is 3.85. The molecule has 2 aromatic carbocycles. The highest BCUT2D eigenvalue weighted by Gasteiger charge is 2.18. The van der Waals surface area contributed by atoms with E-state index in [1.54, 1.807) is 22.8 Å². The lowest BCUT2D eigenvalue weighted by Crippen LogP contribution is -1.97. The third-order valence-corrected chi connectivity index (χ3v) is 5.66. The first-order valence-electron chi connectivity index (χ1n) is 7.48. The van der Waals surface area contributed by atoms with Gasteiger partial charge in [0.05, 0.1) is 5.56 Å². The number of halogens is 2. The molecule has 0 amide bonds. The fraction of sp³-hybridized carbons (Fsp3) is 0.176. The lowest BCUT2D eigenvalue weighted by atomic mass is 10.2. The van der Waals surface area contributed by atoms with E-state index >= 15 is 0 Å². The van der Waals surface area contributed by atoms with Crippen molar-refractivity contribution in [2.24, 2.45) is 7.05 Å². The largest absolute Gasteiger partial charge is 0.454 e. The summed E-state index contributed by atoms with van der Waals surface area (Å²) in [7, 11) is 1.83. The Morgan fingerprint density at radius 1 is 1.20 bits per heavy atom. The van der Waals surface area contributed by atoms with Gasteiger partial charge in [-0.2, -0.15) is 0 Å². The monoisotopic (exact) mass is 421 g/mol. The Bertz CT molecular complexity index is 948. The highest BCUT2D eigenvalue weighted by Crippen LogP contribution is 2.39. The second kappa shape index (κ2) is 6.68. The average Bonchev–Trinajstić information content (AvgIpc) is 3.19. The molecule has 0 aliphatic carbocycles. The lowest BCUT2D eigenvalue weighted by Gasteiger charge is -2.07. The van der Waals surface area contributed by atoms with Gasteiger partial charge in [-0.25, -0.2) is 4.39 Å². The summed E-state index contributed by atoms with van der Waals surface area (Å²) < 4.78 is 27.5. The molecule has 128 valence electrons. The Kier molecular flexibility index (Phi) is 4.39. The highest BCUT2D eigenvalue weighted by atomic mass is 79.9. The van der Waals surface area contributed by atoms with Crippen LogP contribution in [0.15, 0.2) is 46.0 Å². The molecule has 1 aliphatic heterocycles. The fourth-order valence-electron chi connectivity index (χ4n) is 2.53. The molecule has 8 heteroatoms. The molecule has 3 aromatic rings. The first kappa shape index (κ1) is 16.4. The molecule has 0 fully saturated rings. The maximum absolute atomic E-state index is 14.0. The number of thioether (sulfide) groups is 1. The van der Waals surface area contributed by atoms with Crippen molar-refractivity contribution >= 4 is 27.7 Å². The minimum atomic E-state index is -0.312. The molecule has 0 radical (unpaired) electrons. The van der Waals surface area contributed by atoms with Crippen LogP contribution < -0.4 is 9.47 Å². The molecule has 0 bridgehead atoms. The van der Waals surface area contributed by atoms with E-state index in [1.807, 2.05) is 19.2 Å². The van der Waals surface area contributed by atoms with E-state index in [9.17, 15) is 4.39 Å². The van der Waals surface area contributed by atoms with Gasteiger partial charge >= 0.3 is 0 Å². The highest BCUT2D eigenvalue weighted by molar-refractivity contribution is 9.10. The summed E-state index contributed by atoms with van der Waals surface area (Å²) in [4.78, 5) is 0. The van der Waals surface area contributed by atoms with Crippen LogP contribution in [-0.4, -0.2) is 21.6 Å². The van der Waals surface area contributed by atoms with Crippen molar-refractivity contribution in [1.29, 1.82) is 0 Å². The van der Waals surface area contributed by atoms with Crippen LogP contribution in [-0.2, 0) is 12.8 Å². The molecule has 25 heavy (non-hydrogen) atoms. The fourth-order valence-corrected chi connectivity index (χ4v) is 4.08. The van der Waals surface area contributed by atoms with Gasteiger partial charge in [0.15, 0.2) is 22.5 Å². The maximum atomic E-state index is 14.0. The van der Waals surface area contributed by atoms with Gasteiger partial charge in [-0.1, -0.05) is 39.8 Å². The third kappa shape index (κ3) is 3.11. The van der Waals surface area contributed by atoms with Crippen LogP contribution in [0, 0.1) is 5.82 Å². The first-order valence-corrected chi connectivity index (χ1v) is 9.26. The number of ether oxygens (including phenoxy) is 2. The number of hydrogen-bond acceptors (Lipinski definition) is 5. The van der Waals surface area contributed by atoms with Crippen molar-refractivity contribution in [2.75, 3.05) is 6.79 Å². The standard InChI is InChI=1S/C17H13BrFN3O2S/c1-22-16(11-4-2-3-5-13(11)19)20-21-17(22)25-8-10-6-14-15(7-12(10)18)24-9-23-14/h2-7H,8-9H2,1H3. The topological polar surface area (TPSA) is 49.2 Å². The zero-order valence-electron chi connectivity index (χ0n) is 13.2. The maximum Gasteiger partial charge on any atom is 0.231 e. The Hall–Kier alpha value is -2.06. The molecule has 0 saturated heterocycles. The van der Waals surface area contributed by atoms with Gasteiger partial charge in [-0.15, -0.1) is 10.2 Å². The predicted molar refractivity (Wildman–Crippen MR) is 96.2 cm³/mol. The van der Waals surface area contributed by atoms with E-state index in [1.165, 1.54) is 17.8 Å². The molecule has 0 N–H and O–H groups in total. The van der Waals surface area contributed by atoms with Crippen LogP contribution in [0.3, 0.4) is 0 Å². The zero-order valence-corrected chi connectivity index (χ0v) is 15.6. The van der Waals surface area contributed by atoms with Crippen molar-refractivity contribution in [3.8, 4) is 22.9 Å². The van der Waals surface area contributed by atoms with Crippen LogP contribution in [0.5, 0.6) is 11.5 Å². The molecule has 2 heterocycles. The number of hydrogen-bond donors (Lipinski definition) is 0. The number of fused-ring (bicyclic) bond motifs is 1. The first-order chi connectivity index (χ1) is 12.1. The zero-order chi connectivity index (χ0) is 17.4. The Morgan fingerprint density at radius 2 is 1.96 bits per heavy atom. The average molecular weight is 422 g/mol. The summed E-state index contributed by atoms with van der Waals surface area (Å²) in [6.07, 6.45) is 0. The van der Waals surface area contributed by atoms with Crippen LogP contribution in [0.2, 0.25) is 0 Å². The van der Waals surface area contributed by atoms with Crippen molar-refractivity contribution in [2.45, 2.75) is 10.9 Å². The summed E-state index contributed by atoms with van der Waals surface area (Å²) in [6.45, 7) is 0.244. The number of aromatic nitrogens is 3. The van der Waals surface area contributed by atoms with E-state index in [2.05, 4.69) is 26.1 Å². The van der Waals surface area contributed by atoms with E-state index in [0.717, 1.165) is 21.5 Å². The molecule has 0 spiro atoms. The number of nitrogens with zero attached hydrogens (tertiary/aromatic N) is 3. The summed E-state index contributed by atoms with van der Waals surface area (Å²) in [5.41, 5.74) is 1.50. The molecule has 0 unspecified atom stereocenters. The SMILES string of the molecule is Cn1c(SCc2cc3c(cc2Br)OCO3)nnc1-c1ccccc1F. The van der Waals surface area contributed by atoms with E-state index in [-0.39, 0.29) is 12.6 Å². The van der Waals surface area contributed by atoms with E-state index < -0.39 is 0 Å². The van der Waals surface area contributed by atoms with Gasteiger partial charge in [0.25, 0.3) is 0 Å². The van der Waals surface area contributed by atoms with Gasteiger partial charge in [0, 0.05) is 17.3 Å². The smallest absolute Gasteiger partial charge is 0.231 e. The Labute approximate surface area is 156 Å². The van der Waals surface area contributed by atoms with Crippen molar-refractivity contribution in [1.82, 2.24) is 14.8 Å². The minimum Gasteiger partial charge on any atom is -0.454 e. The van der Waals surface area contributed by atoms with Gasteiger partial charge in [0.2, 0.25) is 6.79 Å². The van der Waals surface area contributed by atoms with Crippen molar-refractivity contribution in [3.05, 3.63) is 52.3 Å². The van der Waals surface area contributed by atoms with Gasteiger partial charge in [0.1, 0.15) is 5.82 Å². The second-order valence-corrected chi connectivity index (χ2v) is 7.23. The number of rotatable bonds is 4. The molecular weight excluding hydrogens is 409 g/mol. The molecule has 5 nitrogen and oxygen atoms in total. The predicted octanol–water partition coefficient (Wildman–Crippen LogP) is 4.40. The summed E-state index contributed by atoms with van der Waals surface area (Å²) in [6, 6.07) is 10.4. The molecule has 1 aliphatic rings. The van der Waals surface area contributed by atoms with Gasteiger partial charge in [-0.3, -0.25) is 0 Å². The normalized spacial score (nSPS) is 12.6. The van der Waals surface area contributed by atoms with Crippen molar-refractivity contribution in [3.63, 3.8) is 0 Å². The lowest BCUT2D eigenvalue weighted by molar-refractivity contribution is 0.174. The molecule has 0 atom stereocenters. The molecule has 1 aromatic heterocycles. The minimum absolute atomic E-state index is 0.244. The van der Waals surface area contributed by atoms with E-state index in [0.29, 0.717) is 22.3 Å². The van der Waals surface area contributed by atoms with Crippen LogP contribution in [0.1, 0.15) is 5.56 Å². The Balaban J connectivity index is 1.56. The van der Waals surface area contributed by atoms with E-state index in [4.69, 9.17) is 9.47 Å². The summed E-state index contributed by atoms with van der Waals surface area (Å²) >= 11 is 5.07. The van der Waals surface area contributed by atoms with Gasteiger partial charge < -0.3 is 14.0 Å². The molecule has 0 saturated carbocycles. The second-order valence-electron chi connectivity index (χ2n) is 5.43. The molecule has 4 rings (SSSR count). The quantitative estimate of drug-likeness (QED) is 0.584. The summed E-state index contributed by atoms with van der Waals surface area (Å²) in [5.74, 6) is 2.34. The van der Waals surface area contributed by atoms with Crippen LogP contribution >= 0.6 is 27.7 Å². The van der Waals surface area contributed by atoms with Gasteiger partial charge in [-0.05, 0) is 29.8 Å². The number of benzene rings is 2.